The zero-order chi connectivity index (χ0) is 27.5. The van der Waals surface area contributed by atoms with Gasteiger partial charge in [-0.1, -0.05) is 30.3 Å². The summed E-state index contributed by atoms with van der Waals surface area (Å²) in [5.41, 5.74) is 6.65. The van der Waals surface area contributed by atoms with Crippen LogP contribution in [0.3, 0.4) is 0 Å². The summed E-state index contributed by atoms with van der Waals surface area (Å²) >= 11 is 0. The van der Waals surface area contributed by atoms with Crippen molar-refractivity contribution in [3.63, 3.8) is 0 Å². The molecular formula is C27H25F2N7O3. The molecule has 0 unspecified atom stereocenters. The maximum absolute atomic E-state index is 14.5. The molecule has 0 bridgehead atoms. The molecule has 5 aromatic rings. The first-order valence-corrected chi connectivity index (χ1v) is 12.1. The van der Waals surface area contributed by atoms with Crippen LogP contribution >= 0.6 is 0 Å². The van der Waals surface area contributed by atoms with Crippen LogP contribution in [0.4, 0.5) is 20.7 Å². The maximum Gasteiger partial charge on any atom is 0.355 e. The quantitative estimate of drug-likeness (QED) is 0.299. The number of nitrogens with two attached hydrogens (primary N) is 1. The lowest BCUT2D eigenvalue weighted by molar-refractivity contribution is 0.414. The van der Waals surface area contributed by atoms with Crippen molar-refractivity contribution in [2.24, 2.45) is 0 Å². The highest BCUT2D eigenvalue weighted by atomic mass is 19.1. The number of ether oxygens (including phenoxy) is 1. The number of para-hydroxylation sites is 1. The number of nitrogens with zero attached hydrogens (tertiary/aromatic N) is 5. The number of nitrogen functional groups attached to an aromatic ring is 1. The molecule has 5 rings (SSSR count). The number of hydrogen-bond donors (Lipinski definition) is 2. The number of benzene rings is 3. The lowest BCUT2D eigenvalue weighted by Crippen LogP contribution is -2.43. The molecule has 0 fully saturated rings. The number of halogens is 2. The van der Waals surface area contributed by atoms with Crippen LogP contribution in [0.2, 0.25) is 0 Å². The highest BCUT2D eigenvalue weighted by molar-refractivity contribution is 5.78. The second-order valence-electron chi connectivity index (χ2n) is 8.80. The number of hydrogen-bond acceptors (Lipinski definition) is 7. The van der Waals surface area contributed by atoms with E-state index >= 15 is 0 Å². The molecule has 0 atom stereocenters. The lowest BCUT2D eigenvalue weighted by Gasteiger charge is -2.16. The van der Waals surface area contributed by atoms with Gasteiger partial charge >= 0.3 is 11.4 Å². The highest BCUT2D eigenvalue weighted by Gasteiger charge is 2.16. The fraction of sp³-hybridized carbons (Fsp3) is 0.185. The van der Waals surface area contributed by atoms with E-state index in [2.05, 4.69) is 15.3 Å². The van der Waals surface area contributed by atoms with Gasteiger partial charge in [-0.15, -0.1) is 0 Å². The second-order valence-corrected chi connectivity index (χ2v) is 8.80. The molecule has 200 valence electrons. The van der Waals surface area contributed by atoms with Crippen molar-refractivity contribution in [1.82, 2.24) is 23.7 Å². The minimum Gasteiger partial charge on any atom is -0.497 e. The van der Waals surface area contributed by atoms with Gasteiger partial charge in [-0.25, -0.2) is 27.9 Å². The van der Waals surface area contributed by atoms with Gasteiger partial charge in [-0.05, 0) is 47.5 Å². The largest absolute Gasteiger partial charge is 0.497 e. The van der Waals surface area contributed by atoms with E-state index in [9.17, 15) is 18.4 Å². The van der Waals surface area contributed by atoms with Crippen LogP contribution in [0.5, 0.6) is 5.75 Å². The van der Waals surface area contributed by atoms with Gasteiger partial charge in [0.05, 0.1) is 25.7 Å². The van der Waals surface area contributed by atoms with Crippen LogP contribution in [-0.2, 0) is 19.6 Å². The molecule has 39 heavy (non-hydrogen) atoms. The third-order valence-corrected chi connectivity index (χ3v) is 6.27. The van der Waals surface area contributed by atoms with Crippen LogP contribution in [0, 0.1) is 11.6 Å². The predicted molar refractivity (Wildman–Crippen MR) is 143 cm³/mol. The van der Waals surface area contributed by atoms with Crippen LogP contribution in [-0.4, -0.2) is 37.3 Å². The van der Waals surface area contributed by atoms with Crippen LogP contribution in [0.1, 0.15) is 11.1 Å². The Morgan fingerprint density at radius 2 is 1.54 bits per heavy atom. The Morgan fingerprint density at radius 1 is 0.872 bits per heavy atom. The Hall–Kier alpha value is -5.00. The third kappa shape index (κ3) is 5.35. The van der Waals surface area contributed by atoms with E-state index < -0.39 is 23.0 Å². The lowest BCUT2D eigenvalue weighted by atomic mass is 10.2. The molecule has 0 saturated carbocycles. The summed E-state index contributed by atoms with van der Waals surface area (Å²) in [4.78, 5) is 34.8. The standard InChI is InChI=1S/C27H25F2N7O3/c1-39-20-11-7-18(8-12-20)15-35-25(31-13-14-34-23-21(29)3-2-4-22(23)32-24(34)30)33-26(37)36(27(35)38)16-17-5-9-19(28)10-6-17/h2-12H,13-16H2,1H3,(H2,30,32)(H,31,33,37). The number of fused-ring (bicyclic) bond motifs is 1. The summed E-state index contributed by atoms with van der Waals surface area (Å²) in [6.45, 7) is 0.387. The Kier molecular flexibility index (Phi) is 7.08. The molecule has 0 spiro atoms. The molecule has 3 aromatic carbocycles. The molecule has 0 aliphatic rings. The minimum absolute atomic E-state index is 0.0413. The smallest absolute Gasteiger partial charge is 0.355 e. The zero-order valence-corrected chi connectivity index (χ0v) is 21.0. The number of methoxy groups -OCH3 is 1. The van der Waals surface area contributed by atoms with Crippen molar-refractivity contribution in [3.05, 3.63) is 110 Å². The van der Waals surface area contributed by atoms with Crippen molar-refractivity contribution < 1.29 is 13.5 Å². The summed E-state index contributed by atoms with van der Waals surface area (Å²) in [6.07, 6.45) is 0. The SMILES string of the molecule is COc1ccc(Cn2c(NCCn3c(N)nc4cccc(F)c43)nc(=O)n(Cc3ccc(F)cc3)c2=O)cc1. The fourth-order valence-corrected chi connectivity index (χ4v) is 4.29. The normalized spacial score (nSPS) is 11.2. The van der Waals surface area contributed by atoms with Crippen LogP contribution < -0.4 is 27.2 Å². The minimum atomic E-state index is -0.767. The third-order valence-electron chi connectivity index (χ3n) is 6.27. The van der Waals surface area contributed by atoms with Crippen LogP contribution in [0.25, 0.3) is 11.0 Å². The first-order valence-electron chi connectivity index (χ1n) is 12.1. The number of rotatable bonds is 9. The highest BCUT2D eigenvalue weighted by Crippen LogP contribution is 2.20. The molecule has 0 radical (unpaired) electrons. The summed E-state index contributed by atoms with van der Waals surface area (Å²) < 4.78 is 36.8. The molecule has 3 N–H and O–H groups in total. The summed E-state index contributed by atoms with van der Waals surface area (Å²) in [6, 6.07) is 17.2. The van der Waals surface area contributed by atoms with Gasteiger partial charge < -0.3 is 20.4 Å². The summed E-state index contributed by atoms with van der Waals surface area (Å²) in [5, 5.41) is 3.02. The molecule has 2 heterocycles. The van der Waals surface area contributed by atoms with Crippen molar-refractivity contribution in [2.75, 3.05) is 24.7 Å². The van der Waals surface area contributed by atoms with E-state index in [-0.39, 0.29) is 43.6 Å². The van der Waals surface area contributed by atoms with Crippen LogP contribution in [0.15, 0.2) is 76.3 Å². The van der Waals surface area contributed by atoms with Crippen molar-refractivity contribution in [2.45, 2.75) is 19.6 Å². The molecule has 0 amide bonds. The van der Waals surface area contributed by atoms with Gasteiger partial charge in [0.25, 0.3) is 0 Å². The molecule has 2 aromatic heterocycles. The number of imidazole rings is 1. The molecule has 0 aliphatic heterocycles. The molecule has 0 aliphatic carbocycles. The number of aromatic nitrogens is 5. The van der Waals surface area contributed by atoms with Crippen molar-refractivity contribution in [3.8, 4) is 5.75 Å². The topological polar surface area (TPSA) is 122 Å². The van der Waals surface area contributed by atoms with Crippen molar-refractivity contribution in [1.29, 1.82) is 0 Å². The molecule has 0 saturated heterocycles. The van der Waals surface area contributed by atoms with Gasteiger partial charge in [0, 0.05) is 13.1 Å². The average molecular weight is 534 g/mol. The molecule has 10 nitrogen and oxygen atoms in total. The zero-order valence-electron chi connectivity index (χ0n) is 21.0. The van der Waals surface area contributed by atoms with E-state index in [1.54, 1.807) is 43.5 Å². The Bertz CT molecular complexity index is 1740. The van der Waals surface area contributed by atoms with E-state index in [1.807, 2.05) is 0 Å². The Labute approximate surface area is 220 Å². The number of nitrogens with one attached hydrogen (secondary N) is 1. The molecule has 12 heteroatoms. The number of anilines is 2. The first-order chi connectivity index (χ1) is 18.8. The Balaban J connectivity index is 1.47. The van der Waals surface area contributed by atoms with Gasteiger partial charge in [-0.2, -0.15) is 4.98 Å². The second kappa shape index (κ2) is 10.8. The van der Waals surface area contributed by atoms with Gasteiger partial charge in [-0.3, -0.25) is 4.57 Å². The average Bonchev–Trinajstić information content (AvgIpc) is 3.26. The first kappa shape index (κ1) is 25.6. The fourth-order valence-electron chi connectivity index (χ4n) is 4.29. The van der Waals surface area contributed by atoms with E-state index in [0.717, 1.165) is 10.1 Å². The van der Waals surface area contributed by atoms with E-state index in [0.29, 0.717) is 16.8 Å². The Morgan fingerprint density at radius 3 is 2.23 bits per heavy atom. The van der Waals surface area contributed by atoms with E-state index in [1.165, 1.54) is 39.5 Å². The van der Waals surface area contributed by atoms with Gasteiger partial charge in [0.2, 0.25) is 11.9 Å². The van der Waals surface area contributed by atoms with E-state index in [4.69, 9.17) is 10.5 Å². The maximum atomic E-state index is 14.5. The van der Waals surface area contributed by atoms with Crippen molar-refractivity contribution >= 4 is 22.9 Å². The summed E-state index contributed by atoms with van der Waals surface area (Å²) in [7, 11) is 1.55. The summed E-state index contributed by atoms with van der Waals surface area (Å²) in [5.74, 6) is -0.0578. The molecular weight excluding hydrogens is 508 g/mol. The predicted octanol–water partition coefficient (Wildman–Crippen LogP) is 2.83. The van der Waals surface area contributed by atoms with Gasteiger partial charge in [0.15, 0.2) is 0 Å². The van der Waals surface area contributed by atoms with Gasteiger partial charge in [0.1, 0.15) is 22.9 Å². The monoisotopic (exact) mass is 533 g/mol.